The second kappa shape index (κ2) is 5.57. The number of aromatic nitrogens is 4. The van der Waals surface area contributed by atoms with Crippen LogP contribution in [0.4, 0.5) is 8.78 Å². The maximum Gasteiger partial charge on any atom is 0.333 e. The molecule has 8 heteroatoms. The zero-order valence-electron chi connectivity index (χ0n) is 10.9. The first-order valence-corrected chi connectivity index (χ1v) is 6.91. The van der Waals surface area contributed by atoms with Gasteiger partial charge in [-0.2, -0.15) is 8.78 Å². The predicted octanol–water partition coefficient (Wildman–Crippen LogP) is 3.90. The fourth-order valence-corrected chi connectivity index (χ4v) is 2.70. The number of thiophene rings is 1. The lowest BCUT2D eigenvalue weighted by Gasteiger charge is -2.02. The van der Waals surface area contributed by atoms with Crippen molar-refractivity contribution in [3.05, 3.63) is 41.7 Å². The second-order valence-electron chi connectivity index (χ2n) is 4.10. The average molecular weight is 308 g/mol. The van der Waals surface area contributed by atoms with E-state index < -0.39 is 6.55 Å². The van der Waals surface area contributed by atoms with Crippen LogP contribution in [0.25, 0.3) is 10.4 Å². The molecule has 108 valence electrons. The molecule has 0 aliphatic rings. The fourth-order valence-electron chi connectivity index (χ4n) is 1.88. The molecular weight excluding hydrogens is 298 g/mol. The third-order valence-electron chi connectivity index (χ3n) is 2.80. The highest BCUT2D eigenvalue weighted by atomic mass is 32.1. The molecule has 0 aromatic carbocycles. The van der Waals surface area contributed by atoms with Crippen molar-refractivity contribution in [1.29, 1.82) is 0 Å². The van der Waals surface area contributed by atoms with Gasteiger partial charge in [0.15, 0.2) is 0 Å². The van der Waals surface area contributed by atoms with Gasteiger partial charge in [0.25, 0.3) is 5.88 Å². The highest BCUT2D eigenvalue weighted by molar-refractivity contribution is 7.13. The van der Waals surface area contributed by atoms with Crippen LogP contribution in [0.5, 0.6) is 11.9 Å². The molecule has 3 rings (SSSR count). The Morgan fingerprint density at radius 1 is 1.24 bits per heavy atom. The summed E-state index contributed by atoms with van der Waals surface area (Å²) >= 11 is 1.42. The fraction of sp³-hybridized carbons (Fsp3) is 0.154. The molecule has 0 bridgehead atoms. The molecule has 3 heterocycles. The third kappa shape index (κ3) is 2.62. The van der Waals surface area contributed by atoms with Gasteiger partial charge in [0.05, 0.1) is 11.3 Å². The van der Waals surface area contributed by atoms with E-state index in [1.165, 1.54) is 23.7 Å². The SMILES string of the molecule is Cc1c(-c2cccs2)c(Oc2ncccn2)nn1C(F)F. The molecule has 21 heavy (non-hydrogen) atoms. The van der Waals surface area contributed by atoms with Gasteiger partial charge in [0, 0.05) is 17.3 Å². The standard InChI is InChI=1S/C13H10F2N4OS/c1-8-10(9-4-2-7-21-9)11(18-19(8)12(14)15)20-13-16-5-3-6-17-13/h2-7,12H,1H3. The van der Waals surface area contributed by atoms with E-state index in [0.717, 1.165) is 4.88 Å². The maximum atomic E-state index is 13.0. The Bertz CT molecular complexity index is 728. The zero-order chi connectivity index (χ0) is 14.8. The van der Waals surface area contributed by atoms with Crippen molar-refractivity contribution in [2.24, 2.45) is 0 Å². The monoisotopic (exact) mass is 308 g/mol. The molecule has 0 spiro atoms. The third-order valence-corrected chi connectivity index (χ3v) is 3.69. The summed E-state index contributed by atoms with van der Waals surface area (Å²) in [7, 11) is 0. The number of ether oxygens (including phenoxy) is 1. The summed E-state index contributed by atoms with van der Waals surface area (Å²) in [6, 6.07) is 5.36. The Balaban J connectivity index is 2.08. The van der Waals surface area contributed by atoms with Crippen LogP contribution >= 0.6 is 11.3 Å². The van der Waals surface area contributed by atoms with E-state index in [1.54, 1.807) is 13.0 Å². The molecule has 0 fully saturated rings. The van der Waals surface area contributed by atoms with E-state index in [0.29, 0.717) is 15.9 Å². The van der Waals surface area contributed by atoms with Crippen molar-refractivity contribution in [1.82, 2.24) is 19.7 Å². The molecule has 0 N–H and O–H groups in total. The maximum absolute atomic E-state index is 13.0. The summed E-state index contributed by atoms with van der Waals surface area (Å²) in [5, 5.41) is 5.69. The lowest BCUT2D eigenvalue weighted by molar-refractivity contribution is 0.0534. The first kappa shape index (κ1) is 13.6. The number of hydrogen-bond donors (Lipinski definition) is 0. The Kier molecular flexibility index (Phi) is 3.61. The largest absolute Gasteiger partial charge is 0.403 e. The predicted molar refractivity (Wildman–Crippen MR) is 73.6 cm³/mol. The Hall–Kier alpha value is -2.35. The summed E-state index contributed by atoms with van der Waals surface area (Å²) in [6.07, 6.45) is 3.01. The molecule has 0 aliphatic heterocycles. The van der Waals surface area contributed by atoms with E-state index in [9.17, 15) is 8.78 Å². The van der Waals surface area contributed by atoms with Crippen molar-refractivity contribution in [2.45, 2.75) is 13.5 Å². The molecule has 0 unspecified atom stereocenters. The lowest BCUT2D eigenvalue weighted by Crippen LogP contribution is -2.02. The van der Waals surface area contributed by atoms with Gasteiger partial charge in [-0.3, -0.25) is 0 Å². The molecule has 0 aliphatic carbocycles. The smallest absolute Gasteiger partial charge is 0.333 e. The number of rotatable bonds is 4. The summed E-state index contributed by atoms with van der Waals surface area (Å²) in [5.74, 6) is 0.0708. The first-order chi connectivity index (χ1) is 10.2. The summed E-state index contributed by atoms with van der Waals surface area (Å²) < 4.78 is 32.1. The van der Waals surface area contributed by atoms with Gasteiger partial charge in [0.1, 0.15) is 0 Å². The van der Waals surface area contributed by atoms with Crippen LogP contribution in [0.3, 0.4) is 0 Å². The van der Waals surface area contributed by atoms with Gasteiger partial charge in [-0.25, -0.2) is 14.6 Å². The molecule has 3 aromatic rings. The molecule has 0 saturated carbocycles. The van der Waals surface area contributed by atoms with Gasteiger partial charge >= 0.3 is 12.6 Å². The van der Waals surface area contributed by atoms with E-state index in [1.807, 2.05) is 17.5 Å². The van der Waals surface area contributed by atoms with Crippen LogP contribution in [0, 0.1) is 6.92 Å². The first-order valence-electron chi connectivity index (χ1n) is 6.03. The molecule has 0 radical (unpaired) electrons. The van der Waals surface area contributed by atoms with Crippen molar-refractivity contribution >= 4 is 11.3 Å². The van der Waals surface area contributed by atoms with E-state index in [2.05, 4.69) is 15.1 Å². The minimum absolute atomic E-state index is 0.0641. The number of hydrogen-bond acceptors (Lipinski definition) is 5. The van der Waals surface area contributed by atoms with Gasteiger partial charge in [-0.15, -0.1) is 16.4 Å². The summed E-state index contributed by atoms with van der Waals surface area (Å²) in [6.45, 7) is -1.16. The van der Waals surface area contributed by atoms with Crippen LogP contribution in [0.15, 0.2) is 36.0 Å². The lowest BCUT2D eigenvalue weighted by atomic mass is 10.2. The van der Waals surface area contributed by atoms with Crippen LogP contribution in [-0.2, 0) is 0 Å². The second-order valence-corrected chi connectivity index (χ2v) is 5.05. The number of nitrogens with zero attached hydrogens (tertiary/aromatic N) is 4. The normalized spacial score (nSPS) is 11.0. The Labute approximate surface area is 122 Å². The van der Waals surface area contributed by atoms with Gasteiger partial charge in [-0.05, 0) is 24.4 Å². The van der Waals surface area contributed by atoms with Crippen molar-refractivity contribution in [3.8, 4) is 22.3 Å². The van der Waals surface area contributed by atoms with Crippen molar-refractivity contribution in [2.75, 3.05) is 0 Å². The van der Waals surface area contributed by atoms with Crippen LogP contribution in [-0.4, -0.2) is 19.7 Å². The van der Waals surface area contributed by atoms with Crippen LogP contribution in [0.1, 0.15) is 12.2 Å². The minimum atomic E-state index is -2.74. The van der Waals surface area contributed by atoms with Crippen LogP contribution in [0.2, 0.25) is 0 Å². The van der Waals surface area contributed by atoms with Gasteiger partial charge in [0.2, 0.25) is 0 Å². The summed E-state index contributed by atoms with van der Waals surface area (Å²) in [4.78, 5) is 8.62. The van der Waals surface area contributed by atoms with Gasteiger partial charge < -0.3 is 4.74 Å². The van der Waals surface area contributed by atoms with E-state index in [-0.39, 0.29) is 11.9 Å². The van der Waals surface area contributed by atoms with E-state index in [4.69, 9.17) is 4.74 Å². The highest BCUT2D eigenvalue weighted by Gasteiger charge is 2.23. The Morgan fingerprint density at radius 3 is 2.62 bits per heavy atom. The summed E-state index contributed by atoms with van der Waals surface area (Å²) in [5.41, 5.74) is 0.858. The highest BCUT2D eigenvalue weighted by Crippen LogP contribution is 2.38. The van der Waals surface area contributed by atoms with Crippen LogP contribution < -0.4 is 4.74 Å². The molecule has 0 amide bonds. The Morgan fingerprint density at radius 2 is 2.00 bits per heavy atom. The minimum Gasteiger partial charge on any atom is -0.403 e. The number of halogens is 2. The quantitative estimate of drug-likeness (QED) is 0.733. The topological polar surface area (TPSA) is 52.8 Å². The van der Waals surface area contributed by atoms with E-state index >= 15 is 0 Å². The average Bonchev–Trinajstić information content (AvgIpc) is 3.08. The van der Waals surface area contributed by atoms with Crippen molar-refractivity contribution < 1.29 is 13.5 Å². The molecule has 0 saturated heterocycles. The molecular formula is C13H10F2N4OS. The molecule has 5 nitrogen and oxygen atoms in total. The zero-order valence-corrected chi connectivity index (χ0v) is 11.7. The molecule has 3 aromatic heterocycles. The molecule has 0 atom stereocenters. The van der Waals surface area contributed by atoms with Gasteiger partial charge in [-0.1, -0.05) is 6.07 Å². The van der Waals surface area contributed by atoms with Crippen molar-refractivity contribution in [3.63, 3.8) is 0 Å². The number of alkyl halides is 2.